The molecule has 2 aliphatic rings. The molecule has 0 amide bonds. The number of ketones is 2. The van der Waals surface area contributed by atoms with E-state index in [1.165, 1.54) is 54.6 Å². The maximum atomic E-state index is 13.2. The predicted octanol–water partition coefficient (Wildman–Crippen LogP) is 5.56. The fraction of sp³-hybridized carbons (Fsp3) is 0.0345. The molecule has 0 spiro atoms. The second-order valence-corrected chi connectivity index (χ2v) is 8.37. The average Bonchev–Trinajstić information content (AvgIpc) is 3.41. The molecule has 0 aromatic heterocycles. The monoisotopic (exact) mass is 540 g/mol. The van der Waals surface area contributed by atoms with Crippen molar-refractivity contribution in [1.82, 2.24) is 0 Å². The SMILES string of the molecule is [C-]#[N+]C(C#N)=C1C(=CC=CC=CC2C(=O)c3c(cccc3[N+](=O)[O-])C2=C(C#N)[N+]#[C-])C(=O)c2c1cccc2[N+](=O)[O-]. The van der Waals surface area contributed by atoms with Gasteiger partial charge in [-0.05, 0) is 16.7 Å². The summed E-state index contributed by atoms with van der Waals surface area (Å²) in [7, 11) is 0. The number of fused-ring (bicyclic) bond motifs is 2. The molecular formula is C29H12N6O6. The third-order valence-corrected chi connectivity index (χ3v) is 6.33. The summed E-state index contributed by atoms with van der Waals surface area (Å²) in [5, 5.41) is 41.9. The van der Waals surface area contributed by atoms with Crippen LogP contribution < -0.4 is 0 Å². The summed E-state index contributed by atoms with van der Waals surface area (Å²) in [4.78, 5) is 54.2. The van der Waals surface area contributed by atoms with Crippen LogP contribution in [0.1, 0.15) is 31.8 Å². The minimum absolute atomic E-state index is 0.0314. The molecule has 1 atom stereocenters. The molecule has 12 nitrogen and oxygen atoms in total. The highest BCUT2D eigenvalue weighted by Crippen LogP contribution is 2.44. The standard InChI is InChI=1S/C29H12N6O6/c1-32-20(14-30)24-16-10-6-12-22(34(38)39)26(16)28(36)18(24)8-4-3-5-9-19-25(21(15-31)33-2)17-11-7-13-23(35(40)41)27(17)29(19)37/h3-13,18H. The molecule has 2 aliphatic carbocycles. The maximum Gasteiger partial charge on any atom is 0.281 e. The first kappa shape index (κ1) is 27.3. The number of Topliss-reactive ketones (excluding diaryl/α,β-unsaturated/α-hetero) is 2. The molecule has 2 aromatic carbocycles. The minimum Gasteiger partial charge on any atom is -0.293 e. The van der Waals surface area contributed by atoms with Crippen molar-refractivity contribution in [1.29, 1.82) is 10.5 Å². The van der Waals surface area contributed by atoms with E-state index < -0.39 is 50.1 Å². The van der Waals surface area contributed by atoms with E-state index in [-0.39, 0.29) is 39.0 Å². The van der Waals surface area contributed by atoms with Crippen LogP contribution in [0.4, 0.5) is 11.4 Å². The van der Waals surface area contributed by atoms with Crippen LogP contribution in [0.15, 0.2) is 83.7 Å². The van der Waals surface area contributed by atoms with Gasteiger partial charge in [0.2, 0.25) is 0 Å². The molecule has 1 unspecified atom stereocenters. The van der Waals surface area contributed by atoms with Gasteiger partial charge in [-0.15, -0.1) is 0 Å². The van der Waals surface area contributed by atoms with Crippen molar-refractivity contribution in [3.63, 3.8) is 0 Å². The first-order chi connectivity index (χ1) is 19.7. The topological polar surface area (TPSA) is 177 Å². The highest BCUT2D eigenvalue weighted by atomic mass is 16.6. The van der Waals surface area contributed by atoms with Crippen LogP contribution in [0.5, 0.6) is 0 Å². The van der Waals surface area contributed by atoms with E-state index in [1.54, 1.807) is 12.1 Å². The lowest BCUT2D eigenvalue weighted by molar-refractivity contribution is -0.385. The molecular weight excluding hydrogens is 528 g/mol. The van der Waals surface area contributed by atoms with Crippen LogP contribution in [0.2, 0.25) is 0 Å². The Hall–Kier alpha value is -6.76. The van der Waals surface area contributed by atoms with E-state index in [1.807, 2.05) is 0 Å². The van der Waals surface area contributed by atoms with Gasteiger partial charge in [0.1, 0.15) is 11.1 Å². The summed E-state index contributed by atoms with van der Waals surface area (Å²) in [6, 6.07) is 11.3. The number of hydrogen-bond acceptors (Lipinski definition) is 8. The summed E-state index contributed by atoms with van der Waals surface area (Å²) >= 11 is 0. The van der Waals surface area contributed by atoms with Gasteiger partial charge in [-0.1, -0.05) is 54.6 Å². The lowest BCUT2D eigenvalue weighted by atomic mass is 9.96. The zero-order valence-electron chi connectivity index (χ0n) is 20.6. The van der Waals surface area contributed by atoms with Gasteiger partial charge in [0.05, 0.1) is 41.0 Å². The normalized spacial score (nSPS) is 18.8. The zero-order chi connectivity index (χ0) is 29.8. The van der Waals surface area contributed by atoms with Gasteiger partial charge in [0.15, 0.2) is 11.6 Å². The fourth-order valence-corrected chi connectivity index (χ4v) is 4.71. The Bertz CT molecular complexity index is 1900. The summed E-state index contributed by atoms with van der Waals surface area (Å²) in [6.45, 7) is 14.7. The van der Waals surface area contributed by atoms with E-state index in [0.29, 0.717) is 0 Å². The van der Waals surface area contributed by atoms with Crippen LogP contribution in [0.25, 0.3) is 20.8 Å². The van der Waals surface area contributed by atoms with Crippen LogP contribution in [-0.2, 0) is 0 Å². The summed E-state index contributed by atoms with van der Waals surface area (Å²) in [6.07, 6.45) is 6.70. The summed E-state index contributed by atoms with van der Waals surface area (Å²) < 4.78 is 0. The Morgan fingerprint density at radius 2 is 1.44 bits per heavy atom. The number of hydrogen-bond donors (Lipinski definition) is 0. The van der Waals surface area contributed by atoms with Crippen LogP contribution in [0.3, 0.4) is 0 Å². The quantitative estimate of drug-likeness (QED) is 0.118. The van der Waals surface area contributed by atoms with Crippen LogP contribution in [-0.4, -0.2) is 21.4 Å². The Kier molecular flexibility index (Phi) is 7.27. The van der Waals surface area contributed by atoms with Gasteiger partial charge in [-0.3, -0.25) is 29.8 Å². The number of nitriles is 2. The maximum absolute atomic E-state index is 13.2. The lowest BCUT2D eigenvalue weighted by Crippen LogP contribution is -2.07. The number of rotatable bonds is 5. The smallest absolute Gasteiger partial charge is 0.281 e. The minimum atomic E-state index is -1.17. The summed E-state index contributed by atoms with van der Waals surface area (Å²) in [5.41, 5.74) is -2.14. The molecule has 2 aromatic rings. The number of carbonyl (C=O) groups is 2. The highest BCUT2D eigenvalue weighted by Gasteiger charge is 2.40. The average molecular weight is 540 g/mol. The number of nitro groups is 2. The van der Waals surface area contributed by atoms with Gasteiger partial charge >= 0.3 is 0 Å². The Morgan fingerprint density at radius 3 is 2.00 bits per heavy atom. The van der Waals surface area contributed by atoms with Crippen molar-refractivity contribution in [2.75, 3.05) is 0 Å². The van der Waals surface area contributed by atoms with Gasteiger partial charge in [0.25, 0.3) is 22.8 Å². The molecule has 194 valence electrons. The second kappa shape index (κ2) is 10.9. The van der Waals surface area contributed by atoms with E-state index in [4.69, 9.17) is 13.1 Å². The van der Waals surface area contributed by atoms with E-state index in [0.717, 1.165) is 12.1 Å². The largest absolute Gasteiger partial charge is 0.293 e. The third-order valence-electron chi connectivity index (χ3n) is 6.33. The predicted molar refractivity (Wildman–Crippen MR) is 143 cm³/mol. The molecule has 0 saturated heterocycles. The molecule has 4 rings (SSSR count). The molecule has 0 bridgehead atoms. The first-order valence-electron chi connectivity index (χ1n) is 11.4. The highest BCUT2D eigenvalue weighted by molar-refractivity contribution is 6.29. The molecule has 0 saturated carbocycles. The molecule has 0 aliphatic heterocycles. The van der Waals surface area contributed by atoms with Crippen molar-refractivity contribution < 1.29 is 19.4 Å². The van der Waals surface area contributed by atoms with Crippen LogP contribution >= 0.6 is 0 Å². The number of carbonyl (C=O) groups excluding carboxylic acids is 2. The lowest BCUT2D eigenvalue weighted by Gasteiger charge is -2.05. The van der Waals surface area contributed by atoms with Crippen molar-refractivity contribution in [2.24, 2.45) is 5.92 Å². The molecule has 41 heavy (non-hydrogen) atoms. The molecule has 0 heterocycles. The van der Waals surface area contributed by atoms with Crippen molar-refractivity contribution in [3.8, 4) is 12.1 Å². The molecule has 12 heteroatoms. The molecule has 0 N–H and O–H groups in total. The Morgan fingerprint density at radius 1 is 0.854 bits per heavy atom. The van der Waals surface area contributed by atoms with E-state index in [2.05, 4.69) is 9.69 Å². The fourth-order valence-electron chi connectivity index (χ4n) is 4.71. The first-order valence-corrected chi connectivity index (χ1v) is 11.4. The zero-order valence-corrected chi connectivity index (χ0v) is 20.6. The van der Waals surface area contributed by atoms with Crippen molar-refractivity contribution in [2.45, 2.75) is 0 Å². The Balaban J connectivity index is 1.76. The molecule has 0 fully saturated rings. The van der Waals surface area contributed by atoms with Crippen molar-refractivity contribution >= 4 is 34.1 Å². The van der Waals surface area contributed by atoms with Gasteiger partial charge < -0.3 is 0 Å². The Labute approximate surface area is 231 Å². The second-order valence-electron chi connectivity index (χ2n) is 8.37. The van der Waals surface area contributed by atoms with Crippen molar-refractivity contribution in [3.05, 3.63) is 149 Å². The van der Waals surface area contributed by atoms with Gasteiger partial charge in [-0.2, -0.15) is 0 Å². The number of nitro benzene ring substituents is 2. The van der Waals surface area contributed by atoms with E-state index >= 15 is 0 Å². The number of allylic oxidation sites excluding steroid dienone is 10. The number of benzene rings is 2. The van der Waals surface area contributed by atoms with Crippen LogP contribution in [0, 0.1) is 62.0 Å². The third kappa shape index (κ3) is 4.46. The van der Waals surface area contributed by atoms with E-state index in [9.17, 15) is 40.3 Å². The van der Waals surface area contributed by atoms with Gasteiger partial charge in [0, 0.05) is 23.3 Å². The molecule has 0 radical (unpaired) electrons. The summed E-state index contributed by atoms with van der Waals surface area (Å²) in [5.74, 6) is -2.59. The number of nitrogens with zero attached hydrogens (tertiary/aromatic N) is 6. The van der Waals surface area contributed by atoms with Gasteiger partial charge in [-0.25, -0.2) is 20.2 Å².